The molecule has 5 nitrogen and oxygen atoms in total. The van der Waals surface area contributed by atoms with E-state index in [0.717, 1.165) is 0 Å². The number of ether oxygens (including phenoxy) is 1. The Balaban J connectivity index is 3.59. The molecular weight excluding hydrogens is 172 g/mol. The number of carbonyl (C=O) groups is 2. The predicted octanol–water partition coefficient (Wildman–Crippen LogP) is -0.597. The maximum absolute atomic E-state index is 11.0. The molecule has 0 aromatic heterocycles. The van der Waals surface area contributed by atoms with E-state index in [2.05, 4.69) is 5.32 Å². The van der Waals surface area contributed by atoms with Crippen molar-refractivity contribution in [3.8, 4) is 0 Å². The van der Waals surface area contributed by atoms with Crippen LogP contribution < -0.4 is 11.1 Å². The van der Waals surface area contributed by atoms with Crippen LogP contribution in [-0.2, 0) is 14.3 Å². The molecule has 0 aliphatic carbocycles. The summed E-state index contributed by atoms with van der Waals surface area (Å²) in [6.07, 6.45) is 0.151. The zero-order valence-corrected chi connectivity index (χ0v) is 8.00. The average Bonchev–Trinajstić information content (AvgIpc) is 1.98. The quantitative estimate of drug-likeness (QED) is 0.584. The Morgan fingerprint density at radius 1 is 1.54 bits per heavy atom. The van der Waals surface area contributed by atoms with Crippen molar-refractivity contribution < 1.29 is 14.3 Å². The van der Waals surface area contributed by atoms with Crippen molar-refractivity contribution in [2.45, 2.75) is 26.3 Å². The molecule has 0 fully saturated rings. The van der Waals surface area contributed by atoms with Crippen LogP contribution in [0.2, 0.25) is 0 Å². The Bertz CT molecular complexity index is 182. The lowest BCUT2D eigenvalue weighted by atomic mass is 10.2. The molecule has 5 heteroatoms. The van der Waals surface area contributed by atoms with Gasteiger partial charge in [-0.3, -0.25) is 9.59 Å². The molecular formula is C8H16N2O3. The lowest BCUT2D eigenvalue weighted by molar-refractivity contribution is -0.126. The van der Waals surface area contributed by atoms with Crippen LogP contribution in [0.15, 0.2) is 0 Å². The van der Waals surface area contributed by atoms with Crippen molar-refractivity contribution >= 4 is 11.8 Å². The fraction of sp³-hybridized carbons (Fsp3) is 0.750. The van der Waals surface area contributed by atoms with Crippen LogP contribution in [0.3, 0.4) is 0 Å². The fourth-order valence-corrected chi connectivity index (χ4v) is 0.864. The highest BCUT2D eigenvalue weighted by Crippen LogP contribution is 1.88. The molecule has 3 N–H and O–H groups in total. The van der Waals surface area contributed by atoms with Crippen molar-refractivity contribution in [3.63, 3.8) is 0 Å². The number of hydrogen-bond acceptors (Lipinski definition) is 3. The highest BCUT2D eigenvalue weighted by Gasteiger charge is 2.08. The first-order chi connectivity index (χ1) is 6.06. The molecule has 2 amide bonds. The first kappa shape index (κ1) is 11.9. The minimum Gasteiger partial charge on any atom is -0.372 e. The summed E-state index contributed by atoms with van der Waals surface area (Å²) in [5.74, 6) is -0.653. The van der Waals surface area contributed by atoms with Crippen LogP contribution in [-0.4, -0.2) is 31.1 Å². The molecule has 0 spiro atoms. The summed E-state index contributed by atoms with van der Waals surface area (Å²) in [5.41, 5.74) is 4.95. The van der Waals surface area contributed by atoms with Gasteiger partial charge in [-0.25, -0.2) is 0 Å². The van der Waals surface area contributed by atoms with Gasteiger partial charge in [-0.05, 0) is 13.8 Å². The van der Waals surface area contributed by atoms with Crippen molar-refractivity contribution in [2.24, 2.45) is 5.73 Å². The maximum Gasteiger partial charge on any atom is 0.246 e. The number of amides is 2. The van der Waals surface area contributed by atoms with E-state index in [-0.39, 0.29) is 25.0 Å². The third-order valence-corrected chi connectivity index (χ3v) is 1.35. The lowest BCUT2D eigenvalue weighted by Crippen LogP contribution is -2.37. The van der Waals surface area contributed by atoms with Gasteiger partial charge in [-0.2, -0.15) is 0 Å². The minimum absolute atomic E-state index is 0.0274. The van der Waals surface area contributed by atoms with Gasteiger partial charge in [-0.1, -0.05) is 0 Å². The Morgan fingerprint density at radius 3 is 2.62 bits per heavy atom. The van der Waals surface area contributed by atoms with Crippen molar-refractivity contribution in [3.05, 3.63) is 0 Å². The average molecular weight is 188 g/mol. The van der Waals surface area contributed by atoms with Gasteiger partial charge in [0.05, 0.1) is 0 Å². The fourth-order valence-electron chi connectivity index (χ4n) is 0.864. The van der Waals surface area contributed by atoms with Crippen LogP contribution in [0.25, 0.3) is 0 Å². The number of nitrogens with one attached hydrogen (secondary N) is 1. The molecule has 0 aliphatic rings. The lowest BCUT2D eigenvalue weighted by Gasteiger charge is -2.11. The normalized spacial score (nSPS) is 12.2. The summed E-state index contributed by atoms with van der Waals surface area (Å²) in [5, 5.41) is 2.58. The number of rotatable bonds is 6. The van der Waals surface area contributed by atoms with E-state index in [1.165, 1.54) is 0 Å². The van der Waals surface area contributed by atoms with E-state index in [1.807, 2.05) is 0 Å². The van der Waals surface area contributed by atoms with Crippen LogP contribution >= 0.6 is 0 Å². The molecule has 0 radical (unpaired) electrons. The van der Waals surface area contributed by atoms with Gasteiger partial charge in [0.25, 0.3) is 0 Å². The molecule has 0 saturated carbocycles. The number of nitrogens with two attached hydrogens (primary N) is 1. The minimum atomic E-state index is -0.427. The molecule has 0 heterocycles. The Kier molecular flexibility index (Phi) is 5.88. The van der Waals surface area contributed by atoms with Gasteiger partial charge >= 0.3 is 0 Å². The second-order valence-electron chi connectivity index (χ2n) is 2.78. The molecule has 1 unspecified atom stereocenters. The summed E-state index contributed by atoms with van der Waals surface area (Å²) in [4.78, 5) is 21.5. The van der Waals surface area contributed by atoms with Crippen LogP contribution in [0.1, 0.15) is 20.3 Å². The van der Waals surface area contributed by atoms with Gasteiger partial charge in [0, 0.05) is 19.1 Å². The summed E-state index contributed by atoms with van der Waals surface area (Å²) in [6, 6.07) is -0.231. The number of primary amides is 1. The van der Waals surface area contributed by atoms with Crippen LogP contribution in [0.4, 0.5) is 0 Å². The first-order valence-corrected chi connectivity index (χ1v) is 4.21. The topological polar surface area (TPSA) is 81.4 Å². The highest BCUT2D eigenvalue weighted by molar-refractivity contribution is 5.79. The van der Waals surface area contributed by atoms with Gasteiger partial charge in [-0.15, -0.1) is 0 Å². The Morgan fingerprint density at radius 2 is 2.15 bits per heavy atom. The van der Waals surface area contributed by atoms with Crippen molar-refractivity contribution in [1.82, 2.24) is 5.32 Å². The van der Waals surface area contributed by atoms with E-state index in [1.54, 1.807) is 13.8 Å². The third kappa shape index (κ3) is 7.27. The predicted molar refractivity (Wildman–Crippen MR) is 47.9 cm³/mol. The second kappa shape index (κ2) is 6.42. The molecule has 13 heavy (non-hydrogen) atoms. The molecule has 0 saturated heterocycles. The third-order valence-electron chi connectivity index (χ3n) is 1.35. The summed E-state index contributed by atoms with van der Waals surface area (Å²) >= 11 is 0. The molecule has 1 atom stereocenters. The van der Waals surface area contributed by atoms with E-state index in [4.69, 9.17) is 10.5 Å². The summed E-state index contributed by atoms with van der Waals surface area (Å²) < 4.78 is 4.87. The van der Waals surface area contributed by atoms with E-state index < -0.39 is 5.91 Å². The van der Waals surface area contributed by atoms with Crippen molar-refractivity contribution in [1.29, 1.82) is 0 Å². The van der Waals surface area contributed by atoms with Crippen molar-refractivity contribution in [2.75, 3.05) is 13.2 Å². The van der Waals surface area contributed by atoms with Crippen LogP contribution in [0.5, 0.6) is 0 Å². The zero-order valence-electron chi connectivity index (χ0n) is 8.00. The standard InChI is InChI=1S/C8H16N2O3/c1-3-13-5-8(12)10-6(2)4-7(9)11/h6H,3-5H2,1-2H3,(H2,9,11)(H,10,12). The molecule has 76 valence electrons. The second-order valence-corrected chi connectivity index (χ2v) is 2.78. The van der Waals surface area contributed by atoms with Gasteiger partial charge in [0.15, 0.2) is 0 Å². The van der Waals surface area contributed by atoms with Gasteiger partial charge < -0.3 is 15.8 Å². The molecule has 0 rings (SSSR count). The SMILES string of the molecule is CCOCC(=O)NC(C)CC(N)=O. The molecule has 0 aromatic carbocycles. The maximum atomic E-state index is 11.0. The van der Waals surface area contributed by atoms with Crippen LogP contribution in [0, 0.1) is 0 Å². The highest BCUT2D eigenvalue weighted by atomic mass is 16.5. The zero-order chi connectivity index (χ0) is 10.3. The first-order valence-electron chi connectivity index (χ1n) is 4.21. The Hall–Kier alpha value is -1.10. The van der Waals surface area contributed by atoms with E-state index >= 15 is 0 Å². The molecule has 0 aliphatic heterocycles. The summed E-state index contributed by atoms with van der Waals surface area (Å²) in [7, 11) is 0. The van der Waals surface area contributed by atoms with E-state index in [9.17, 15) is 9.59 Å². The largest absolute Gasteiger partial charge is 0.372 e. The Labute approximate surface area is 77.6 Å². The number of hydrogen-bond donors (Lipinski definition) is 2. The molecule has 0 bridgehead atoms. The van der Waals surface area contributed by atoms with E-state index in [0.29, 0.717) is 6.61 Å². The van der Waals surface area contributed by atoms with Gasteiger partial charge in [0.2, 0.25) is 11.8 Å². The smallest absolute Gasteiger partial charge is 0.246 e. The van der Waals surface area contributed by atoms with Gasteiger partial charge in [0.1, 0.15) is 6.61 Å². The summed E-state index contributed by atoms with van der Waals surface area (Å²) in [6.45, 7) is 4.05. The monoisotopic (exact) mass is 188 g/mol. The number of carbonyl (C=O) groups excluding carboxylic acids is 2. The molecule has 0 aromatic rings.